The second-order valence-corrected chi connectivity index (χ2v) is 16.1. The lowest BCUT2D eigenvalue weighted by atomic mass is 9.67. The minimum absolute atomic E-state index is 0.00516. The third kappa shape index (κ3) is 13.6. The number of ketones is 2. The van der Waals surface area contributed by atoms with Crippen LogP contribution in [0.2, 0.25) is 0 Å². The molecule has 0 amide bonds. The molecule has 0 radical (unpaired) electrons. The van der Waals surface area contributed by atoms with Gasteiger partial charge in [-0.1, -0.05) is 92.9 Å². The lowest BCUT2D eigenvalue weighted by Gasteiger charge is -2.36. The van der Waals surface area contributed by atoms with E-state index < -0.39 is 0 Å². The van der Waals surface area contributed by atoms with Gasteiger partial charge in [0.2, 0.25) is 0 Å². The first-order valence-corrected chi connectivity index (χ1v) is 18.1. The van der Waals surface area contributed by atoms with Gasteiger partial charge in [-0.05, 0) is 69.1 Å². The number of nitrogens with one attached hydrogen (secondary N) is 1. The van der Waals surface area contributed by atoms with Crippen LogP contribution < -0.4 is 5.32 Å². The normalized spacial score (nSPS) is 21.6. The molecule has 0 aromatic rings. The van der Waals surface area contributed by atoms with Crippen molar-refractivity contribution in [3.63, 3.8) is 0 Å². The van der Waals surface area contributed by atoms with Crippen molar-refractivity contribution in [2.24, 2.45) is 27.7 Å². The monoisotopic (exact) mass is 627 g/mol. The molecule has 1 unspecified atom stereocenters. The maximum Gasteiger partial charge on any atom is 0.168 e. The van der Waals surface area contributed by atoms with Gasteiger partial charge in [0.1, 0.15) is 12.0 Å². The summed E-state index contributed by atoms with van der Waals surface area (Å²) in [5.41, 5.74) is 2.58. The molecule has 1 saturated carbocycles. The second kappa shape index (κ2) is 18.8. The Morgan fingerprint density at radius 1 is 0.844 bits per heavy atom. The molecule has 0 heterocycles. The number of carbonyl (C=O) groups excluding carboxylic acids is 3. The van der Waals surface area contributed by atoms with Crippen LogP contribution in [-0.2, 0) is 14.4 Å². The van der Waals surface area contributed by atoms with E-state index in [1.54, 1.807) is 0 Å². The van der Waals surface area contributed by atoms with Crippen LogP contribution in [0.4, 0.5) is 0 Å². The first-order chi connectivity index (χ1) is 21.2. The zero-order chi connectivity index (χ0) is 33.6. The molecule has 0 aliphatic heterocycles. The van der Waals surface area contributed by atoms with Crippen molar-refractivity contribution in [1.82, 2.24) is 5.32 Å². The lowest BCUT2D eigenvalue weighted by molar-refractivity contribution is -0.123. The summed E-state index contributed by atoms with van der Waals surface area (Å²) in [4.78, 5) is 42.9. The molecule has 1 atom stereocenters. The van der Waals surface area contributed by atoms with Crippen molar-refractivity contribution >= 4 is 23.6 Å². The summed E-state index contributed by atoms with van der Waals surface area (Å²) in [5.74, 6) is 1.04. The van der Waals surface area contributed by atoms with Gasteiger partial charge in [-0.2, -0.15) is 0 Å². The van der Waals surface area contributed by atoms with Gasteiger partial charge in [0, 0.05) is 54.7 Å². The molecule has 256 valence electrons. The van der Waals surface area contributed by atoms with Crippen molar-refractivity contribution < 1.29 is 19.5 Å². The highest BCUT2D eigenvalue weighted by atomic mass is 16.3. The van der Waals surface area contributed by atoms with E-state index in [1.807, 2.05) is 41.5 Å². The van der Waals surface area contributed by atoms with Crippen LogP contribution in [0.25, 0.3) is 0 Å². The molecule has 2 rings (SSSR count). The van der Waals surface area contributed by atoms with Gasteiger partial charge in [-0.3, -0.25) is 14.6 Å². The van der Waals surface area contributed by atoms with Gasteiger partial charge in [0.25, 0.3) is 0 Å². The highest BCUT2D eigenvalue weighted by Crippen LogP contribution is 2.41. The summed E-state index contributed by atoms with van der Waals surface area (Å²) in [7, 11) is 0. The Labute approximate surface area is 275 Å². The number of aldehydes is 1. The fourth-order valence-corrected chi connectivity index (χ4v) is 6.88. The van der Waals surface area contributed by atoms with Gasteiger partial charge in [0.15, 0.2) is 11.6 Å². The van der Waals surface area contributed by atoms with Crippen LogP contribution in [-0.4, -0.2) is 41.3 Å². The van der Waals surface area contributed by atoms with E-state index in [0.717, 1.165) is 74.3 Å². The third-order valence-corrected chi connectivity index (χ3v) is 9.60. The summed E-state index contributed by atoms with van der Waals surface area (Å²) in [6, 6.07) is 0.0568. The Balaban J connectivity index is 1.95. The van der Waals surface area contributed by atoms with E-state index >= 15 is 0 Å². The van der Waals surface area contributed by atoms with E-state index in [2.05, 4.69) is 19.2 Å². The first kappa shape index (κ1) is 38.9. The van der Waals surface area contributed by atoms with E-state index in [-0.39, 0.29) is 40.1 Å². The van der Waals surface area contributed by atoms with E-state index in [9.17, 15) is 19.5 Å². The molecule has 6 nitrogen and oxygen atoms in total. The van der Waals surface area contributed by atoms with Crippen LogP contribution >= 0.6 is 0 Å². The molecule has 0 spiro atoms. The average molecular weight is 627 g/mol. The van der Waals surface area contributed by atoms with Crippen LogP contribution in [0.15, 0.2) is 27.6 Å². The number of hydrogen-bond donors (Lipinski definition) is 2. The molecule has 0 saturated heterocycles. The molecule has 45 heavy (non-hydrogen) atoms. The first-order valence-electron chi connectivity index (χ1n) is 18.1. The number of rotatable bonds is 20. The summed E-state index contributed by atoms with van der Waals surface area (Å²) in [6.45, 7) is 17.6. The van der Waals surface area contributed by atoms with E-state index in [4.69, 9.17) is 4.99 Å². The molecule has 6 heteroatoms. The quantitative estimate of drug-likeness (QED) is 0.0607. The fraction of sp³-hybridized carbons (Fsp3) is 0.795. The van der Waals surface area contributed by atoms with Gasteiger partial charge in [-0.15, -0.1) is 0 Å². The van der Waals surface area contributed by atoms with Crippen LogP contribution in [0.3, 0.4) is 0 Å². The SMILES string of the molecule is CC(C)CCCCCCCCN/C(CCCCCCC(=NC(C)C)C1=C(O)CC(C)(C)CC1=O)=C1\CC(C=O)C(C)(C)CC1=O. The zero-order valence-electron chi connectivity index (χ0n) is 30.2. The summed E-state index contributed by atoms with van der Waals surface area (Å²) < 4.78 is 0. The van der Waals surface area contributed by atoms with Crippen molar-refractivity contribution in [2.45, 2.75) is 171 Å². The van der Waals surface area contributed by atoms with Gasteiger partial charge in [-0.25, -0.2) is 0 Å². The van der Waals surface area contributed by atoms with Crippen molar-refractivity contribution in [3.8, 4) is 0 Å². The van der Waals surface area contributed by atoms with Gasteiger partial charge < -0.3 is 15.2 Å². The highest BCUT2D eigenvalue weighted by molar-refractivity contribution is 6.23. The van der Waals surface area contributed by atoms with Crippen LogP contribution in [0, 0.1) is 22.7 Å². The van der Waals surface area contributed by atoms with Crippen LogP contribution in [0.1, 0.15) is 165 Å². The van der Waals surface area contributed by atoms with Crippen molar-refractivity contribution in [3.05, 3.63) is 22.6 Å². The Morgan fingerprint density at radius 3 is 2.04 bits per heavy atom. The zero-order valence-corrected chi connectivity index (χ0v) is 30.2. The maximum absolute atomic E-state index is 13.3. The Kier molecular flexibility index (Phi) is 16.3. The number of hydrogen-bond acceptors (Lipinski definition) is 6. The standard InChI is InChI=1S/C39H66N2O4/c1-28(2)19-15-11-9-10-14-18-22-40-32(31-23-30(27-42)39(7,8)26-34(31)43)20-16-12-13-17-21-33(41-29(3)4)37-35(44)24-38(5,6)25-36(37)45/h27-30,40,44H,9-26H2,1-8H3/b32-31+,41-33?. The van der Waals surface area contributed by atoms with Crippen molar-refractivity contribution in [2.75, 3.05) is 6.54 Å². The van der Waals surface area contributed by atoms with Crippen molar-refractivity contribution in [1.29, 1.82) is 0 Å². The minimum Gasteiger partial charge on any atom is -0.511 e. The molecule has 0 aromatic heterocycles. The van der Waals surface area contributed by atoms with E-state index in [1.165, 1.54) is 38.5 Å². The highest BCUT2D eigenvalue weighted by Gasteiger charge is 2.39. The molecular formula is C39H66N2O4. The lowest BCUT2D eigenvalue weighted by Crippen LogP contribution is -2.36. The van der Waals surface area contributed by atoms with Gasteiger partial charge in [0.05, 0.1) is 5.57 Å². The number of aliphatic imine (C=N–C) groups is 1. The fourth-order valence-electron chi connectivity index (χ4n) is 6.88. The van der Waals surface area contributed by atoms with Gasteiger partial charge >= 0.3 is 0 Å². The number of aliphatic hydroxyl groups is 1. The third-order valence-electron chi connectivity index (χ3n) is 9.60. The summed E-state index contributed by atoms with van der Waals surface area (Å²) in [6.07, 6.45) is 17.1. The number of unbranched alkanes of at least 4 members (excludes halogenated alkanes) is 8. The smallest absolute Gasteiger partial charge is 0.168 e. The summed E-state index contributed by atoms with van der Waals surface area (Å²) >= 11 is 0. The average Bonchev–Trinajstić information content (AvgIpc) is 2.91. The predicted molar refractivity (Wildman–Crippen MR) is 188 cm³/mol. The maximum atomic E-state index is 13.3. The Hall–Kier alpha value is -2.24. The molecule has 0 bridgehead atoms. The Morgan fingerprint density at radius 2 is 1.44 bits per heavy atom. The largest absolute Gasteiger partial charge is 0.511 e. The second-order valence-electron chi connectivity index (χ2n) is 16.1. The molecule has 2 N–H and O–H groups in total. The Bertz CT molecular complexity index is 1080. The number of Topliss-reactive ketones (excluding diaryl/α,β-unsaturated/α-hetero) is 2. The molecule has 2 aliphatic carbocycles. The summed E-state index contributed by atoms with van der Waals surface area (Å²) in [5, 5.41) is 14.4. The predicted octanol–water partition coefficient (Wildman–Crippen LogP) is 9.81. The molecule has 1 fully saturated rings. The number of nitrogens with zero attached hydrogens (tertiary/aromatic N) is 1. The number of allylic oxidation sites excluding steroid dienone is 4. The molecule has 0 aromatic carbocycles. The molecular weight excluding hydrogens is 560 g/mol. The minimum atomic E-state index is -0.294. The van der Waals surface area contributed by atoms with Crippen LogP contribution in [0.5, 0.6) is 0 Å². The number of aliphatic hydroxyl groups excluding tert-OH is 1. The van der Waals surface area contributed by atoms with E-state index in [0.29, 0.717) is 37.7 Å². The number of carbonyl (C=O) groups is 3. The molecule has 2 aliphatic rings. The topological polar surface area (TPSA) is 95.8 Å².